The largest absolute Gasteiger partial charge is 0.380 e. The predicted molar refractivity (Wildman–Crippen MR) is 72.7 cm³/mol. The minimum atomic E-state index is 0.623. The number of thioether (sulfide) groups is 1. The number of fused-ring (bicyclic) bond motifs is 1. The molecule has 2 aliphatic rings. The van der Waals surface area contributed by atoms with Crippen molar-refractivity contribution in [1.82, 2.24) is 0 Å². The van der Waals surface area contributed by atoms with E-state index < -0.39 is 0 Å². The zero-order valence-electron chi connectivity index (χ0n) is 10.2. The Morgan fingerprint density at radius 2 is 1.94 bits per heavy atom. The Morgan fingerprint density at radius 1 is 1.12 bits per heavy atom. The predicted octanol–water partition coefficient (Wildman–Crippen LogP) is 4.08. The monoisotopic (exact) mass is 248 g/mol. The molecule has 0 amide bonds. The van der Waals surface area contributed by atoms with Crippen molar-refractivity contribution >= 4 is 11.8 Å². The summed E-state index contributed by atoms with van der Waals surface area (Å²) in [5.74, 6) is 2.67. The Kier molecular flexibility index (Phi) is 3.72. The molecule has 1 aliphatic heterocycles. The fourth-order valence-electron chi connectivity index (χ4n) is 2.92. The highest BCUT2D eigenvalue weighted by molar-refractivity contribution is 7.99. The number of hydrogen-bond acceptors (Lipinski definition) is 2. The molecule has 1 aliphatic carbocycles. The molecule has 0 radical (unpaired) electrons. The molecule has 1 unspecified atom stereocenters. The molecule has 1 aromatic rings. The van der Waals surface area contributed by atoms with Crippen LogP contribution in [0.2, 0.25) is 0 Å². The van der Waals surface area contributed by atoms with Gasteiger partial charge in [0.1, 0.15) is 0 Å². The maximum atomic E-state index is 5.95. The lowest BCUT2D eigenvalue weighted by atomic mass is 10.0. The van der Waals surface area contributed by atoms with Crippen molar-refractivity contribution in [2.45, 2.75) is 36.5 Å². The number of hydrogen-bond donors (Lipinski definition) is 0. The van der Waals surface area contributed by atoms with Gasteiger partial charge in [-0.1, -0.05) is 31.0 Å². The minimum Gasteiger partial charge on any atom is -0.380 e. The Bertz CT molecular complexity index is 371. The van der Waals surface area contributed by atoms with Gasteiger partial charge < -0.3 is 4.74 Å². The molecule has 0 aromatic heterocycles. The van der Waals surface area contributed by atoms with Gasteiger partial charge in [-0.25, -0.2) is 0 Å². The first-order chi connectivity index (χ1) is 8.43. The van der Waals surface area contributed by atoms with Gasteiger partial charge >= 0.3 is 0 Å². The third kappa shape index (κ3) is 2.69. The highest BCUT2D eigenvalue weighted by Gasteiger charge is 2.23. The highest BCUT2D eigenvalue weighted by atomic mass is 32.2. The van der Waals surface area contributed by atoms with Gasteiger partial charge in [0.05, 0.1) is 6.61 Å². The van der Waals surface area contributed by atoms with Crippen LogP contribution < -0.4 is 0 Å². The lowest BCUT2D eigenvalue weighted by Crippen LogP contribution is -2.12. The van der Waals surface area contributed by atoms with Gasteiger partial charge in [0, 0.05) is 23.2 Å². The fourth-order valence-corrected chi connectivity index (χ4v) is 4.15. The Morgan fingerprint density at radius 3 is 2.82 bits per heavy atom. The molecule has 2 heteroatoms. The lowest BCUT2D eigenvalue weighted by molar-refractivity contribution is 0.0933. The van der Waals surface area contributed by atoms with E-state index in [1.807, 2.05) is 11.8 Å². The average molecular weight is 248 g/mol. The average Bonchev–Trinajstić information content (AvgIpc) is 2.99. The SMILES string of the molecule is c1ccc2c(c1)SCC2COCC1CCCC1. The van der Waals surface area contributed by atoms with Crippen molar-refractivity contribution in [3.8, 4) is 0 Å². The van der Waals surface area contributed by atoms with Crippen LogP contribution >= 0.6 is 11.8 Å². The van der Waals surface area contributed by atoms with Crippen molar-refractivity contribution in [3.05, 3.63) is 29.8 Å². The molecule has 1 heterocycles. The molecule has 92 valence electrons. The van der Waals surface area contributed by atoms with Gasteiger partial charge in [-0.05, 0) is 30.4 Å². The maximum Gasteiger partial charge on any atom is 0.0543 e. The van der Waals surface area contributed by atoms with Crippen LogP contribution in [0, 0.1) is 5.92 Å². The van der Waals surface area contributed by atoms with Crippen LogP contribution in [0.25, 0.3) is 0 Å². The molecule has 1 nitrogen and oxygen atoms in total. The van der Waals surface area contributed by atoms with E-state index in [9.17, 15) is 0 Å². The van der Waals surface area contributed by atoms with Crippen LogP contribution in [0.15, 0.2) is 29.2 Å². The van der Waals surface area contributed by atoms with E-state index in [1.54, 1.807) is 0 Å². The molecule has 0 spiro atoms. The second kappa shape index (κ2) is 5.45. The Hall–Kier alpha value is -0.470. The van der Waals surface area contributed by atoms with Gasteiger partial charge in [0.15, 0.2) is 0 Å². The minimum absolute atomic E-state index is 0.623. The Labute approximate surface area is 108 Å². The van der Waals surface area contributed by atoms with Crippen molar-refractivity contribution in [3.63, 3.8) is 0 Å². The molecule has 1 atom stereocenters. The van der Waals surface area contributed by atoms with Crippen molar-refractivity contribution < 1.29 is 4.74 Å². The topological polar surface area (TPSA) is 9.23 Å². The van der Waals surface area contributed by atoms with E-state index in [0.717, 1.165) is 19.1 Å². The van der Waals surface area contributed by atoms with Gasteiger partial charge in [-0.15, -0.1) is 11.8 Å². The molecule has 1 aromatic carbocycles. The molecule has 0 saturated heterocycles. The second-order valence-corrected chi connectivity index (χ2v) is 6.30. The van der Waals surface area contributed by atoms with Crippen molar-refractivity contribution in [2.24, 2.45) is 5.92 Å². The van der Waals surface area contributed by atoms with Crippen molar-refractivity contribution in [1.29, 1.82) is 0 Å². The van der Waals surface area contributed by atoms with E-state index in [2.05, 4.69) is 24.3 Å². The van der Waals surface area contributed by atoms with Gasteiger partial charge in [-0.2, -0.15) is 0 Å². The molecule has 0 bridgehead atoms. The third-order valence-electron chi connectivity index (χ3n) is 3.95. The number of rotatable bonds is 4. The Balaban J connectivity index is 1.50. The summed E-state index contributed by atoms with van der Waals surface area (Å²) in [5, 5.41) is 0. The van der Waals surface area contributed by atoms with Gasteiger partial charge in [-0.3, -0.25) is 0 Å². The third-order valence-corrected chi connectivity index (χ3v) is 5.20. The quantitative estimate of drug-likeness (QED) is 0.794. The van der Waals surface area contributed by atoms with E-state index >= 15 is 0 Å². The molecule has 0 N–H and O–H groups in total. The van der Waals surface area contributed by atoms with Gasteiger partial charge in [0.25, 0.3) is 0 Å². The van der Waals surface area contributed by atoms with E-state index in [4.69, 9.17) is 4.74 Å². The summed E-state index contributed by atoms with van der Waals surface area (Å²) in [6, 6.07) is 8.78. The first-order valence-electron chi connectivity index (χ1n) is 6.73. The summed E-state index contributed by atoms with van der Waals surface area (Å²) < 4.78 is 5.95. The van der Waals surface area contributed by atoms with Crippen LogP contribution in [0.1, 0.15) is 37.2 Å². The fraction of sp³-hybridized carbons (Fsp3) is 0.600. The zero-order chi connectivity index (χ0) is 11.5. The highest BCUT2D eigenvalue weighted by Crippen LogP contribution is 2.39. The maximum absolute atomic E-state index is 5.95. The molecular weight excluding hydrogens is 228 g/mol. The number of ether oxygens (including phenoxy) is 1. The smallest absolute Gasteiger partial charge is 0.0543 e. The molecule has 1 saturated carbocycles. The summed E-state index contributed by atoms with van der Waals surface area (Å²) in [6.07, 6.45) is 5.60. The van der Waals surface area contributed by atoms with Crippen molar-refractivity contribution in [2.75, 3.05) is 19.0 Å². The second-order valence-electron chi connectivity index (χ2n) is 5.23. The zero-order valence-corrected chi connectivity index (χ0v) is 11.0. The molecule has 3 rings (SSSR count). The summed E-state index contributed by atoms with van der Waals surface area (Å²) >= 11 is 1.98. The molecular formula is C15H20OS. The lowest BCUT2D eigenvalue weighted by Gasteiger charge is -2.14. The van der Waals surface area contributed by atoms with Crippen LogP contribution in [0.3, 0.4) is 0 Å². The summed E-state index contributed by atoms with van der Waals surface area (Å²) in [4.78, 5) is 1.46. The standard InChI is InChI=1S/C15H20OS/c1-2-6-12(5-1)9-16-10-13-11-17-15-8-4-3-7-14(13)15/h3-4,7-8,12-13H,1-2,5-6,9-11H2. The van der Waals surface area contributed by atoms with Gasteiger partial charge in [0.2, 0.25) is 0 Å². The normalized spacial score (nSPS) is 24.1. The first kappa shape index (κ1) is 11.6. The van der Waals surface area contributed by atoms with Crippen LogP contribution in [0.5, 0.6) is 0 Å². The molecule has 17 heavy (non-hydrogen) atoms. The summed E-state index contributed by atoms with van der Waals surface area (Å²) in [5.41, 5.74) is 1.50. The van der Waals surface area contributed by atoms with Crippen LogP contribution in [0.4, 0.5) is 0 Å². The molecule has 1 fully saturated rings. The van der Waals surface area contributed by atoms with E-state index in [0.29, 0.717) is 5.92 Å². The van der Waals surface area contributed by atoms with E-state index in [-0.39, 0.29) is 0 Å². The van der Waals surface area contributed by atoms with E-state index in [1.165, 1.54) is 41.9 Å². The van der Waals surface area contributed by atoms with Crippen LogP contribution in [-0.4, -0.2) is 19.0 Å². The van der Waals surface area contributed by atoms with Crippen LogP contribution in [-0.2, 0) is 4.74 Å². The first-order valence-corrected chi connectivity index (χ1v) is 7.71. The summed E-state index contributed by atoms with van der Waals surface area (Å²) in [7, 11) is 0. The summed E-state index contributed by atoms with van der Waals surface area (Å²) in [6.45, 7) is 1.91. The number of benzene rings is 1.